The summed E-state index contributed by atoms with van der Waals surface area (Å²) in [6, 6.07) is 0. The zero-order valence-electron chi connectivity index (χ0n) is 2.05. The van der Waals surface area contributed by atoms with Crippen molar-refractivity contribution in [1.82, 2.24) is 0 Å². The molecule has 0 radical (unpaired) electrons. The second-order valence-electron chi connectivity index (χ2n) is 0.396. The van der Waals surface area contributed by atoms with Crippen LogP contribution in [0, 0.1) is 10.2 Å². The summed E-state index contributed by atoms with van der Waals surface area (Å²) < 4.78 is 32.7. The second kappa shape index (κ2) is 6.42. The van der Waals surface area contributed by atoms with Crippen molar-refractivity contribution in [2.24, 2.45) is 0 Å². The molecule has 0 fully saturated rings. The topological polar surface area (TPSA) is 89.4 Å². The van der Waals surface area contributed by atoms with E-state index in [-0.39, 0.29) is 68.7 Å². The summed E-state index contributed by atoms with van der Waals surface area (Å²) in [5, 5.41) is 0. The van der Waals surface area contributed by atoms with Crippen molar-refractivity contribution >= 4 is 68.7 Å². The summed E-state index contributed by atoms with van der Waals surface area (Å²) in [5.74, 6) is 0. The average molecular weight is 171 g/mol. The van der Waals surface area contributed by atoms with Gasteiger partial charge in [0.05, 0.1) is 14.9 Å². The molecule has 0 spiro atoms. The van der Waals surface area contributed by atoms with Gasteiger partial charge in [0.15, 0.2) is 17.4 Å². The Hall–Kier alpha value is 2.30. The van der Waals surface area contributed by atoms with Crippen LogP contribution in [0.2, 0.25) is 0 Å². The van der Waals surface area contributed by atoms with Gasteiger partial charge in [-0.1, -0.05) is 0 Å². The monoisotopic (exact) mass is 170 g/mol. The van der Waals surface area contributed by atoms with Gasteiger partial charge in [-0.3, -0.25) is 0 Å². The van der Waals surface area contributed by atoms with Crippen LogP contribution in [0.3, 0.4) is 0 Å². The van der Waals surface area contributed by atoms with E-state index in [4.69, 9.17) is 18.6 Å². The summed E-state index contributed by atoms with van der Waals surface area (Å²) in [7, 11) is -4.69. The average Bonchev–Trinajstić information content (AvgIpc) is 0.722. The largest absolute Gasteiger partial charge is 0.183 e. The third kappa shape index (κ3) is 62.3. The van der Waals surface area contributed by atoms with E-state index in [0.29, 0.717) is 0 Å². The fourth-order valence-electron chi connectivity index (χ4n) is 0. The number of hydrogen-bond donors (Lipinski definition) is 1. The molecule has 0 rings (SSSR count). The summed E-state index contributed by atoms with van der Waals surface area (Å²) >= 11 is 0. The van der Waals surface area contributed by atoms with Crippen LogP contribution in [0.1, 0.15) is 0 Å². The van der Waals surface area contributed by atoms with Crippen LogP contribution in [-0.2, 0) is 0 Å². The predicted octanol–water partition coefficient (Wildman–Crippen LogP) is -5.96. The van der Waals surface area contributed by atoms with E-state index in [0.717, 1.165) is 0 Å². The van der Waals surface area contributed by atoms with Gasteiger partial charge in [0.1, 0.15) is 0 Å². The molecular formula is H5AlClKO4. The fraction of sp³-hybridized carbons (Fsp3) is 0. The van der Waals surface area contributed by atoms with Crippen LogP contribution >= 0.6 is 0 Å². The Kier molecular flexibility index (Phi) is 14.8. The Balaban J connectivity index is -0.0000000800. The minimum atomic E-state index is -4.69. The van der Waals surface area contributed by atoms with Gasteiger partial charge in [-0.2, -0.15) is 14.0 Å². The van der Waals surface area contributed by atoms with Gasteiger partial charge >= 0.3 is 51.4 Å². The number of hydrogen-bond acceptors (Lipinski definition) is 4. The van der Waals surface area contributed by atoms with Crippen molar-refractivity contribution in [1.29, 1.82) is 0 Å². The smallest absolute Gasteiger partial charge is 0.0777 e. The van der Waals surface area contributed by atoms with E-state index in [9.17, 15) is 0 Å². The molecule has 0 atom stereocenters. The molecule has 7 heavy (non-hydrogen) atoms. The van der Waals surface area contributed by atoms with E-state index in [1.165, 1.54) is 0 Å². The first kappa shape index (κ1) is 16.1. The minimum Gasteiger partial charge on any atom is -0.183 e. The van der Waals surface area contributed by atoms with Crippen LogP contribution in [0.4, 0.5) is 0 Å². The van der Waals surface area contributed by atoms with Gasteiger partial charge < -0.3 is 0 Å². The molecular weight excluding hydrogens is 166 g/mol. The molecule has 0 bridgehead atoms. The van der Waals surface area contributed by atoms with Crippen LogP contribution in [0.5, 0.6) is 0 Å². The number of rotatable bonds is 0. The molecule has 0 heterocycles. The molecule has 1 N–H and O–H groups in total. The molecule has 0 unspecified atom stereocenters. The maximum atomic E-state index is 8.60. The van der Waals surface area contributed by atoms with Gasteiger partial charge in [-0.05, 0) is 0 Å². The first-order valence-corrected chi connectivity index (χ1v) is 1.90. The van der Waals surface area contributed by atoms with Crippen molar-refractivity contribution < 1.29 is 28.9 Å². The van der Waals surface area contributed by atoms with Crippen LogP contribution < -0.4 is 14.0 Å². The Morgan fingerprint density at radius 2 is 1.14 bits per heavy atom. The summed E-state index contributed by atoms with van der Waals surface area (Å²) in [4.78, 5) is 0. The van der Waals surface area contributed by atoms with Crippen LogP contribution in [-0.4, -0.2) is 73.4 Å². The Bertz CT molecular complexity index is 27.2. The van der Waals surface area contributed by atoms with E-state index in [2.05, 4.69) is 0 Å². The molecule has 0 saturated heterocycles. The maximum Gasteiger partial charge on any atom is 0.0777 e. The van der Waals surface area contributed by atoms with Crippen LogP contribution in [0.25, 0.3) is 0 Å². The third-order valence-corrected chi connectivity index (χ3v) is 0. The molecule has 0 aliphatic rings. The summed E-state index contributed by atoms with van der Waals surface area (Å²) in [5.41, 5.74) is 0. The Morgan fingerprint density at radius 1 is 1.14 bits per heavy atom. The standard InChI is InChI=1S/Al.ClHO4.K.4H/c;2-1(3,4)5;;;;;/h;(H,2,3,4,5);;;;;. The Morgan fingerprint density at radius 3 is 1.14 bits per heavy atom. The minimum absolute atomic E-state index is 0. The van der Waals surface area contributed by atoms with Gasteiger partial charge in [-0.25, -0.2) is 0 Å². The molecule has 0 aromatic rings. The van der Waals surface area contributed by atoms with Crippen molar-refractivity contribution in [3.63, 3.8) is 0 Å². The van der Waals surface area contributed by atoms with E-state index in [1.807, 2.05) is 0 Å². The fourth-order valence-corrected chi connectivity index (χ4v) is 0. The van der Waals surface area contributed by atoms with E-state index < -0.39 is 10.2 Å². The molecule has 4 nitrogen and oxygen atoms in total. The second-order valence-corrected chi connectivity index (χ2v) is 1.19. The van der Waals surface area contributed by atoms with Crippen molar-refractivity contribution in [2.75, 3.05) is 0 Å². The van der Waals surface area contributed by atoms with Crippen LogP contribution in [0.15, 0.2) is 0 Å². The Labute approximate surface area is 95.8 Å². The molecule has 0 aliphatic carbocycles. The first-order valence-electron chi connectivity index (χ1n) is 0.632. The van der Waals surface area contributed by atoms with Crippen molar-refractivity contribution in [3.05, 3.63) is 0 Å². The van der Waals surface area contributed by atoms with Gasteiger partial charge in [0.2, 0.25) is 0 Å². The molecule has 0 saturated carbocycles. The summed E-state index contributed by atoms with van der Waals surface area (Å²) in [6.07, 6.45) is 0. The molecule has 7 heteroatoms. The van der Waals surface area contributed by atoms with Crippen molar-refractivity contribution in [3.8, 4) is 0 Å². The number of halogens is 1. The molecule has 0 aromatic heterocycles. The summed E-state index contributed by atoms with van der Waals surface area (Å²) in [6.45, 7) is 0. The van der Waals surface area contributed by atoms with Gasteiger partial charge in [0, 0.05) is 0 Å². The zero-order chi connectivity index (χ0) is 4.50. The van der Waals surface area contributed by atoms with E-state index >= 15 is 0 Å². The predicted molar refractivity (Wildman–Crippen MR) is 19.3 cm³/mol. The van der Waals surface area contributed by atoms with Gasteiger partial charge in [-0.15, -0.1) is 0 Å². The quantitative estimate of drug-likeness (QED) is 0.367. The normalized spacial score (nSPS) is 8.57. The molecule has 40 valence electrons. The SMILES string of the molecule is [AlH3].[KH].[O-][Cl+3]([O-])([O-])O. The maximum absolute atomic E-state index is 8.60. The molecule has 0 amide bonds. The first-order chi connectivity index (χ1) is 2.00. The van der Waals surface area contributed by atoms with Gasteiger partial charge in [0.25, 0.3) is 0 Å². The van der Waals surface area contributed by atoms with Crippen molar-refractivity contribution in [2.45, 2.75) is 0 Å². The molecule has 0 aromatic carbocycles. The third-order valence-electron chi connectivity index (χ3n) is 0. The van der Waals surface area contributed by atoms with E-state index in [1.54, 1.807) is 0 Å². The molecule has 0 aliphatic heterocycles. The zero-order valence-corrected chi connectivity index (χ0v) is 2.81.